The molecule has 0 saturated heterocycles. The third-order valence-corrected chi connectivity index (χ3v) is 3.66. The van der Waals surface area contributed by atoms with Gasteiger partial charge in [-0.25, -0.2) is 0 Å². The van der Waals surface area contributed by atoms with Gasteiger partial charge in [-0.3, -0.25) is 0 Å². The van der Waals surface area contributed by atoms with E-state index in [0.29, 0.717) is 12.5 Å². The van der Waals surface area contributed by atoms with Crippen molar-refractivity contribution in [3.8, 4) is 0 Å². The molecule has 114 valence electrons. The summed E-state index contributed by atoms with van der Waals surface area (Å²) in [6.45, 7) is 4.26. The number of benzene rings is 1. The summed E-state index contributed by atoms with van der Waals surface area (Å²) in [5.74, 6) is 0.653. The molecule has 3 nitrogen and oxygen atoms in total. The van der Waals surface area contributed by atoms with Crippen LogP contribution in [0.4, 0.5) is 5.69 Å². The number of anilines is 1. The van der Waals surface area contributed by atoms with E-state index in [4.69, 9.17) is 10.8 Å². The Hall–Kier alpha value is -1.06. The van der Waals surface area contributed by atoms with Crippen molar-refractivity contribution in [2.45, 2.75) is 45.4 Å². The van der Waals surface area contributed by atoms with Crippen molar-refractivity contribution < 1.29 is 5.11 Å². The van der Waals surface area contributed by atoms with Crippen LogP contribution in [0.15, 0.2) is 24.3 Å². The lowest BCUT2D eigenvalue weighted by Crippen LogP contribution is -2.15. The molecule has 0 saturated carbocycles. The van der Waals surface area contributed by atoms with E-state index in [1.165, 1.54) is 24.1 Å². The maximum atomic E-state index is 8.96. The molecule has 0 bridgehead atoms. The zero-order valence-corrected chi connectivity index (χ0v) is 12.8. The average Bonchev–Trinajstić information content (AvgIpc) is 2.48. The van der Waals surface area contributed by atoms with E-state index >= 15 is 0 Å². The van der Waals surface area contributed by atoms with Gasteiger partial charge in [-0.1, -0.05) is 25.5 Å². The normalized spacial score (nSPS) is 12.3. The topological polar surface area (TPSA) is 58.3 Å². The van der Waals surface area contributed by atoms with E-state index in [2.05, 4.69) is 36.5 Å². The van der Waals surface area contributed by atoms with Crippen molar-refractivity contribution in [3.63, 3.8) is 0 Å². The van der Waals surface area contributed by atoms with Gasteiger partial charge in [0.2, 0.25) is 0 Å². The second-order valence-corrected chi connectivity index (χ2v) is 5.49. The second kappa shape index (κ2) is 10.7. The number of aryl methyl sites for hydroxylation is 1. The Kier molecular flexibility index (Phi) is 9.09. The minimum Gasteiger partial charge on any atom is -0.396 e. The molecule has 0 aliphatic heterocycles. The zero-order chi connectivity index (χ0) is 14.6. The molecule has 1 unspecified atom stereocenters. The fourth-order valence-corrected chi connectivity index (χ4v) is 2.54. The smallest absolute Gasteiger partial charge is 0.0431 e. The number of nitrogens with one attached hydrogen (secondary N) is 1. The maximum absolute atomic E-state index is 8.96. The number of hydrogen-bond donors (Lipinski definition) is 3. The third-order valence-electron chi connectivity index (χ3n) is 3.66. The van der Waals surface area contributed by atoms with Gasteiger partial charge in [0, 0.05) is 18.8 Å². The lowest BCUT2D eigenvalue weighted by Gasteiger charge is -2.17. The predicted molar refractivity (Wildman–Crippen MR) is 87.0 cm³/mol. The Morgan fingerprint density at radius 1 is 1.25 bits per heavy atom. The standard InChI is InChI=1S/C17H30N2O/c1-2-6-16(9-5-12-20)14-19-17-10-3-7-15(13-17)8-4-11-18/h3,7,10,13,16,19-20H,2,4-6,8-9,11-12,14,18H2,1H3. The Morgan fingerprint density at radius 3 is 2.80 bits per heavy atom. The first-order valence-corrected chi connectivity index (χ1v) is 7.93. The van der Waals surface area contributed by atoms with Crippen LogP contribution >= 0.6 is 0 Å². The molecule has 4 N–H and O–H groups in total. The lowest BCUT2D eigenvalue weighted by molar-refractivity contribution is 0.270. The van der Waals surface area contributed by atoms with Crippen LogP contribution in [0.5, 0.6) is 0 Å². The van der Waals surface area contributed by atoms with Crippen molar-refractivity contribution in [1.29, 1.82) is 0 Å². The minimum atomic E-state index is 0.300. The Balaban J connectivity index is 2.45. The SMILES string of the molecule is CCCC(CCCO)CNc1cccc(CCCN)c1. The van der Waals surface area contributed by atoms with Crippen molar-refractivity contribution >= 4 is 5.69 Å². The van der Waals surface area contributed by atoms with Crippen LogP contribution in [0, 0.1) is 5.92 Å². The summed E-state index contributed by atoms with van der Waals surface area (Å²) in [5, 5.41) is 12.5. The molecule has 0 aromatic heterocycles. The minimum absolute atomic E-state index is 0.300. The number of nitrogens with two attached hydrogens (primary N) is 1. The van der Waals surface area contributed by atoms with E-state index in [-0.39, 0.29) is 0 Å². The highest BCUT2D eigenvalue weighted by molar-refractivity contribution is 5.45. The highest BCUT2D eigenvalue weighted by atomic mass is 16.2. The van der Waals surface area contributed by atoms with Gasteiger partial charge in [0.05, 0.1) is 0 Å². The third kappa shape index (κ3) is 6.92. The largest absolute Gasteiger partial charge is 0.396 e. The lowest BCUT2D eigenvalue weighted by atomic mass is 9.98. The van der Waals surface area contributed by atoms with Gasteiger partial charge in [0.15, 0.2) is 0 Å². The summed E-state index contributed by atoms with van der Waals surface area (Å²) in [6, 6.07) is 8.62. The highest BCUT2D eigenvalue weighted by Gasteiger charge is 2.07. The molecule has 0 fully saturated rings. The van der Waals surface area contributed by atoms with E-state index in [1.54, 1.807) is 0 Å². The van der Waals surface area contributed by atoms with Crippen molar-refractivity contribution in [2.24, 2.45) is 11.7 Å². The first-order valence-electron chi connectivity index (χ1n) is 7.93. The summed E-state index contributed by atoms with van der Waals surface area (Å²) in [5.41, 5.74) is 8.11. The molecular weight excluding hydrogens is 248 g/mol. The Morgan fingerprint density at radius 2 is 2.10 bits per heavy atom. The van der Waals surface area contributed by atoms with Crippen LogP contribution in [0.2, 0.25) is 0 Å². The molecule has 0 aliphatic rings. The predicted octanol–water partition coefficient (Wildman–Crippen LogP) is 3.18. The van der Waals surface area contributed by atoms with Crippen LogP contribution in [-0.4, -0.2) is 24.8 Å². The van der Waals surface area contributed by atoms with E-state index in [0.717, 1.165) is 38.8 Å². The van der Waals surface area contributed by atoms with Crippen molar-refractivity contribution in [3.05, 3.63) is 29.8 Å². The number of aliphatic hydroxyl groups excluding tert-OH is 1. The van der Waals surface area contributed by atoms with Gasteiger partial charge in [-0.15, -0.1) is 0 Å². The number of hydrogen-bond acceptors (Lipinski definition) is 3. The van der Waals surface area contributed by atoms with Crippen molar-refractivity contribution in [2.75, 3.05) is 25.0 Å². The molecule has 0 aliphatic carbocycles. The second-order valence-electron chi connectivity index (χ2n) is 5.49. The molecule has 0 radical (unpaired) electrons. The summed E-state index contributed by atoms with van der Waals surface area (Å²) >= 11 is 0. The average molecular weight is 278 g/mol. The molecule has 3 heteroatoms. The quantitative estimate of drug-likeness (QED) is 0.582. The van der Waals surface area contributed by atoms with Gasteiger partial charge in [0.1, 0.15) is 0 Å². The summed E-state index contributed by atoms with van der Waals surface area (Å²) in [4.78, 5) is 0. The summed E-state index contributed by atoms with van der Waals surface area (Å²) in [6.07, 6.45) is 6.52. The van der Waals surface area contributed by atoms with Crippen LogP contribution in [0.25, 0.3) is 0 Å². The Bertz CT molecular complexity index is 355. The molecular formula is C17H30N2O. The van der Waals surface area contributed by atoms with Gasteiger partial charge in [-0.05, 0) is 62.3 Å². The van der Waals surface area contributed by atoms with Crippen LogP contribution < -0.4 is 11.1 Å². The molecule has 0 heterocycles. The monoisotopic (exact) mass is 278 g/mol. The van der Waals surface area contributed by atoms with Crippen LogP contribution in [-0.2, 0) is 6.42 Å². The first kappa shape index (κ1) is 17.0. The Labute approximate surface area is 123 Å². The maximum Gasteiger partial charge on any atom is 0.0431 e. The highest BCUT2D eigenvalue weighted by Crippen LogP contribution is 2.17. The number of rotatable bonds is 11. The van der Waals surface area contributed by atoms with Crippen LogP contribution in [0.3, 0.4) is 0 Å². The van der Waals surface area contributed by atoms with Crippen molar-refractivity contribution in [1.82, 2.24) is 0 Å². The van der Waals surface area contributed by atoms with Gasteiger partial charge in [0.25, 0.3) is 0 Å². The molecule has 1 aromatic carbocycles. The fraction of sp³-hybridized carbons (Fsp3) is 0.647. The molecule has 0 spiro atoms. The van der Waals surface area contributed by atoms with Crippen LogP contribution in [0.1, 0.15) is 44.6 Å². The van der Waals surface area contributed by atoms with E-state index in [1.807, 2.05) is 0 Å². The summed E-state index contributed by atoms with van der Waals surface area (Å²) < 4.78 is 0. The molecule has 0 amide bonds. The number of aliphatic hydroxyl groups is 1. The molecule has 1 atom stereocenters. The summed E-state index contributed by atoms with van der Waals surface area (Å²) in [7, 11) is 0. The van der Waals surface area contributed by atoms with E-state index < -0.39 is 0 Å². The first-order chi connectivity index (χ1) is 9.80. The molecule has 1 aromatic rings. The molecule has 1 rings (SSSR count). The fourth-order valence-electron chi connectivity index (χ4n) is 2.54. The zero-order valence-electron chi connectivity index (χ0n) is 12.8. The van der Waals surface area contributed by atoms with Gasteiger partial charge < -0.3 is 16.2 Å². The van der Waals surface area contributed by atoms with Gasteiger partial charge in [-0.2, -0.15) is 0 Å². The van der Waals surface area contributed by atoms with Gasteiger partial charge >= 0.3 is 0 Å². The van der Waals surface area contributed by atoms with E-state index in [9.17, 15) is 0 Å². The molecule has 20 heavy (non-hydrogen) atoms.